The van der Waals surface area contributed by atoms with E-state index in [2.05, 4.69) is 25.5 Å². The molecule has 5 rings (SSSR count). The normalized spacial score (nSPS) is 19.6. The topological polar surface area (TPSA) is 96.4 Å². The van der Waals surface area contributed by atoms with Crippen LogP contribution in [0.2, 0.25) is 0 Å². The Morgan fingerprint density at radius 2 is 1.91 bits per heavy atom. The molecule has 2 N–H and O–H groups in total. The highest BCUT2D eigenvalue weighted by Gasteiger charge is 2.44. The first-order chi connectivity index (χ1) is 15.9. The average molecular weight is 450 g/mol. The number of amides is 2. The van der Waals surface area contributed by atoms with Crippen molar-refractivity contribution >= 4 is 17.5 Å². The number of likely N-dealkylation sites (tertiary alicyclic amines) is 1. The van der Waals surface area contributed by atoms with Gasteiger partial charge in [-0.25, -0.2) is 9.97 Å². The lowest BCUT2D eigenvalue weighted by molar-refractivity contribution is -0.134. The Bertz CT molecular complexity index is 1040. The second-order valence-corrected chi connectivity index (χ2v) is 9.59. The number of carbonyl (C=O) groups is 2. The van der Waals surface area contributed by atoms with Gasteiger partial charge < -0.3 is 15.4 Å². The Morgan fingerprint density at radius 3 is 2.55 bits per heavy atom. The zero-order valence-corrected chi connectivity index (χ0v) is 19.3. The third kappa shape index (κ3) is 4.71. The molecule has 33 heavy (non-hydrogen) atoms. The van der Waals surface area contributed by atoms with E-state index in [9.17, 15) is 9.59 Å². The maximum Gasteiger partial charge on any atom is 0.227 e. The van der Waals surface area contributed by atoms with Crippen molar-refractivity contribution < 1.29 is 14.3 Å². The van der Waals surface area contributed by atoms with Crippen LogP contribution in [0.3, 0.4) is 0 Å². The average Bonchev–Trinajstić information content (AvgIpc) is 3.61. The fraction of sp³-hybridized carbons (Fsp3) is 0.520. The molecule has 2 aliphatic heterocycles. The van der Waals surface area contributed by atoms with Gasteiger partial charge in [0.15, 0.2) is 0 Å². The third-order valence-electron chi connectivity index (χ3n) is 7.07. The Morgan fingerprint density at radius 1 is 1.21 bits per heavy atom. The summed E-state index contributed by atoms with van der Waals surface area (Å²) < 4.78 is 6.25. The molecule has 1 saturated carbocycles. The van der Waals surface area contributed by atoms with Gasteiger partial charge in [0.05, 0.1) is 5.54 Å². The van der Waals surface area contributed by atoms with Crippen LogP contribution in [-0.4, -0.2) is 58.5 Å². The molecule has 3 aliphatic rings. The number of benzene rings is 1. The monoisotopic (exact) mass is 449 g/mol. The zero-order chi connectivity index (χ0) is 23.0. The smallest absolute Gasteiger partial charge is 0.227 e. The molecule has 1 aromatic heterocycles. The molecule has 3 fully saturated rings. The van der Waals surface area contributed by atoms with E-state index in [1.165, 1.54) is 0 Å². The van der Waals surface area contributed by atoms with Crippen molar-refractivity contribution in [1.29, 1.82) is 0 Å². The summed E-state index contributed by atoms with van der Waals surface area (Å²) >= 11 is 0. The Balaban J connectivity index is 1.28. The molecule has 2 saturated heterocycles. The maximum absolute atomic E-state index is 12.3. The van der Waals surface area contributed by atoms with E-state index in [0.29, 0.717) is 13.0 Å². The number of nitrogens with zero attached hydrogens (tertiary/aromatic N) is 3. The van der Waals surface area contributed by atoms with Crippen molar-refractivity contribution in [2.24, 2.45) is 5.92 Å². The van der Waals surface area contributed by atoms with Crippen molar-refractivity contribution in [3.05, 3.63) is 35.9 Å². The third-order valence-corrected chi connectivity index (χ3v) is 7.07. The minimum absolute atomic E-state index is 0.0463. The summed E-state index contributed by atoms with van der Waals surface area (Å²) in [6.45, 7) is 7.25. The van der Waals surface area contributed by atoms with Crippen LogP contribution in [0.5, 0.6) is 5.75 Å². The quantitative estimate of drug-likeness (QED) is 0.631. The summed E-state index contributed by atoms with van der Waals surface area (Å²) in [7, 11) is 0. The van der Waals surface area contributed by atoms with E-state index in [-0.39, 0.29) is 23.3 Å². The first-order valence-corrected chi connectivity index (χ1v) is 11.8. The fourth-order valence-electron chi connectivity index (χ4n) is 4.88. The van der Waals surface area contributed by atoms with E-state index >= 15 is 0 Å². The van der Waals surface area contributed by atoms with E-state index in [1.54, 1.807) is 6.33 Å². The minimum Gasteiger partial charge on any atom is -0.492 e. The van der Waals surface area contributed by atoms with Gasteiger partial charge in [-0.1, -0.05) is 0 Å². The second kappa shape index (κ2) is 8.74. The van der Waals surface area contributed by atoms with Crippen molar-refractivity contribution in [3.63, 3.8) is 0 Å². The van der Waals surface area contributed by atoms with Crippen LogP contribution in [0.4, 0.5) is 5.69 Å². The van der Waals surface area contributed by atoms with Crippen molar-refractivity contribution in [3.8, 4) is 16.9 Å². The molecule has 174 valence electrons. The summed E-state index contributed by atoms with van der Waals surface area (Å²) in [5.74, 6) is 1.16. The van der Waals surface area contributed by atoms with Crippen LogP contribution in [-0.2, 0) is 9.59 Å². The standard InChI is InChI=1S/C25H31N5O3/c1-16-23(17(2)27-15-26-16)20-13-19(28-24(32)18-3-4-18)5-6-21(20)33-12-11-30-9-7-25(8-10-30)14-22(31)29-25/h5-6,13,15,18H,3-4,7-12,14H2,1-2H3,(H,28,32)(H,29,31). The Kier molecular flexibility index (Phi) is 5.78. The number of hydrogen-bond acceptors (Lipinski definition) is 6. The molecule has 8 heteroatoms. The number of carbonyl (C=O) groups excluding carboxylic acids is 2. The number of β-lactam (4-membered cyclic amide) rings is 1. The number of hydrogen-bond donors (Lipinski definition) is 2. The predicted octanol–water partition coefficient (Wildman–Crippen LogP) is 2.84. The molecule has 0 atom stereocenters. The van der Waals surface area contributed by atoms with E-state index < -0.39 is 0 Å². The van der Waals surface area contributed by atoms with Crippen molar-refractivity contribution in [1.82, 2.24) is 20.2 Å². The minimum atomic E-state index is 0.0463. The summed E-state index contributed by atoms with van der Waals surface area (Å²) in [6.07, 6.45) is 6.17. The van der Waals surface area contributed by atoms with Gasteiger partial charge in [-0.3, -0.25) is 14.5 Å². The van der Waals surface area contributed by atoms with Crippen LogP contribution < -0.4 is 15.4 Å². The van der Waals surface area contributed by atoms with Crippen LogP contribution in [0, 0.1) is 19.8 Å². The summed E-state index contributed by atoms with van der Waals surface area (Å²) in [6, 6.07) is 5.80. The van der Waals surface area contributed by atoms with Gasteiger partial charge in [0.1, 0.15) is 18.7 Å². The van der Waals surface area contributed by atoms with Crippen LogP contribution in [0.25, 0.3) is 11.1 Å². The van der Waals surface area contributed by atoms with E-state index in [1.807, 2.05) is 32.0 Å². The van der Waals surface area contributed by atoms with E-state index in [4.69, 9.17) is 4.74 Å². The molecule has 0 unspecified atom stereocenters. The zero-order valence-electron chi connectivity index (χ0n) is 19.3. The molecular formula is C25H31N5O3. The van der Waals surface area contributed by atoms with Crippen LogP contribution >= 0.6 is 0 Å². The Hall–Kier alpha value is -3.00. The molecule has 1 aromatic carbocycles. The van der Waals surface area contributed by atoms with Crippen molar-refractivity contribution in [2.45, 2.75) is 51.5 Å². The summed E-state index contributed by atoms with van der Waals surface area (Å²) in [4.78, 5) is 34.8. The number of anilines is 1. The van der Waals surface area contributed by atoms with Crippen LogP contribution in [0.15, 0.2) is 24.5 Å². The second-order valence-electron chi connectivity index (χ2n) is 9.59. The molecule has 1 aliphatic carbocycles. The number of rotatable bonds is 7. The highest BCUT2D eigenvalue weighted by atomic mass is 16.5. The molecule has 0 bridgehead atoms. The SMILES string of the molecule is Cc1ncnc(C)c1-c1cc(NC(=O)C2CC2)ccc1OCCN1CCC2(CC1)CC(=O)N2. The van der Waals surface area contributed by atoms with Gasteiger partial charge in [-0.05, 0) is 57.7 Å². The lowest BCUT2D eigenvalue weighted by atomic mass is 9.78. The lowest BCUT2D eigenvalue weighted by Crippen LogP contribution is -2.65. The number of aryl methyl sites for hydroxylation is 2. The number of ether oxygens (including phenoxy) is 1. The fourth-order valence-corrected chi connectivity index (χ4v) is 4.88. The first kappa shape index (κ1) is 21.8. The van der Waals surface area contributed by atoms with Gasteiger partial charge in [0, 0.05) is 60.2 Å². The summed E-state index contributed by atoms with van der Waals surface area (Å²) in [5, 5.41) is 6.12. The van der Waals surface area contributed by atoms with Gasteiger partial charge in [0.2, 0.25) is 11.8 Å². The number of nitrogens with one attached hydrogen (secondary N) is 2. The predicted molar refractivity (Wildman–Crippen MR) is 125 cm³/mol. The highest BCUT2D eigenvalue weighted by molar-refractivity contribution is 5.95. The van der Waals surface area contributed by atoms with Gasteiger partial charge in [-0.15, -0.1) is 0 Å². The lowest BCUT2D eigenvalue weighted by Gasteiger charge is -2.47. The largest absolute Gasteiger partial charge is 0.492 e. The molecule has 2 aromatic rings. The van der Waals surface area contributed by atoms with Crippen molar-refractivity contribution in [2.75, 3.05) is 31.6 Å². The number of aromatic nitrogens is 2. The molecule has 3 heterocycles. The molecular weight excluding hydrogens is 418 g/mol. The molecule has 2 amide bonds. The molecule has 8 nitrogen and oxygen atoms in total. The van der Waals surface area contributed by atoms with Gasteiger partial charge >= 0.3 is 0 Å². The van der Waals surface area contributed by atoms with E-state index in [0.717, 1.165) is 79.3 Å². The Labute approximate surface area is 194 Å². The summed E-state index contributed by atoms with van der Waals surface area (Å²) in [5.41, 5.74) is 4.40. The maximum atomic E-state index is 12.3. The first-order valence-electron chi connectivity index (χ1n) is 11.8. The molecule has 1 spiro atoms. The van der Waals surface area contributed by atoms with Crippen LogP contribution in [0.1, 0.15) is 43.5 Å². The number of piperidine rings is 1. The van der Waals surface area contributed by atoms with Gasteiger partial charge in [-0.2, -0.15) is 0 Å². The molecule has 0 radical (unpaired) electrons. The van der Waals surface area contributed by atoms with Gasteiger partial charge in [0.25, 0.3) is 0 Å². The highest BCUT2D eigenvalue weighted by Crippen LogP contribution is 2.37.